The standard InChI is InChI=1S/C30H30ClF3/c1-2-3-4-20-5-7-21(8-6-20)9-10-22-12-16-26-25(17-22)15-14-24(30(26)34)13-11-23-18-27(32)29(31)28(33)19-23/h12,14-21H,2-10H2,1H3. The highest BCUT2D eigenvalue weighted by atomic mass is 35.5. The van der Waals surface area contributed by atoms with E-state index in [-0.39, 0.29) is 11.1 Å². The lowest BCUT2D eigenvalue weighted by molar-refractivity contribution is 0.250. The van der Waals surface area contributed by atoms with Crippen molar-refractivity contribution in [3.05, 3.63) is 81.6 Å². The monoisotopic (exact) mass is 482 g/mol. The third-order valence-corrected chi connectivity index (χ3v) is 7.48. The van der Waals surface area contributed by atoms with Gasteiger partial charge in [-0.3, -0.25) is 0 Å². The van der Waals surface area contributed by atoms with E-state index in [1.165, 1.54) is 56.9 Å². The largest absolute Gasteiger partial charge is 0.205 e. The number of benzene rings is 3. The first kappa shape index (κ1) is 24.7. The Bertz CT molecular complexity index is 1190. The van der Waals surface area contributed by atoms with Crippen LogP contribution in [0.2, 0.25) is 5.02 Å². The number of halogens is 4. The zero-order valence-corrected chi connectivity index (χ0v) is 20.3. The van der Waals surface area contributed by atoms with Crippen LogP contribution in [0.1, 0.15) is 75.0 Å². The lowest BCUT2D eigenvalue weighted by atomic mass is 9.78. The molecule has 3 aromatic carbocycles. The fourth-order valence-corrected chi connectivity index (χ4v) is 5.14. The van der Waals surface area contributed by atoms with E-state index in [0.29, 0.717) is 5.39 Å². The van der Waals surface area contributed by atoms with Gasteiger partial charge in [-0.25, -0.2) is 13.2 Å². The zero-order valence-electron chi connectivity index (χ0n) is 19.6. The maximum absolute atomic E-state index is 15.1. The average molecular weight is 483 g/mol. The second-order valence-electron chi connectivity index (χ2n) is 9.55. The van der Waals surface area contributed by atoms with Crippen molar-refractivity contribution >= 4 is 22.4 Å². The van der Waals surface area contributed by atoms with Crippen LogP contribution in [-0.4, -0.2) is 0 Å². The molecule has 4 heteroatoms. The lowest BCUT2D eigenvalue weighted by Gasteiger charge is -2.28. The first-order chi connectivity index (χ1) is 16.4. The molecule has 0 aliphatic heterocycles. The van der Waals surface area contributed by atoms with Crippen molar-refractivity contribution in [1.82, 2.24) is 0 Å². The number of unbranched alkanes of at least 4 members (excludes halogenated alkanes) is 1. The maximum atomic E-state index is 15.1. The molecule has 178 valence electrons. The summed E-state index contributed by atoms with van der Waals surface area (Å²) >= 11 is 5.50. The van der Waals surface area contributed by atoms with Crippen LogP contribution in [-0.2, 0) is 6.42 Å². The van der Waals surface area contributed by atoms with E-state index in [4.69, 9.17) is 11.6 Å². The summed E-state index contributed by atoms with van der Waals surface area (Å²) in [4.78, 5) is 0. The topological polar surface area (TPSA) is 0 Å². The smallest absolute Gasteiger partial charge is 0.146 e. The SMILES string of the molecule is CCCCC1CCC(CCc2ccc3c(F)c(C#Cc4cc(F)c(Cl)c(F)c4)ccc3c2)CC1. The first-order valence-electron chi connectivity index (χ1n) is 12.3. The van der Waals surface area contributed by atoms with Crippen molar-refractivity contribution in [2.24, 2.45) is 11.8 Å². The van der Waals surface area contributed by atoms with Crippen LogP contribution >= 0.6 is 11.6 Å². The van der Waals surface area contributed by atoms with Crippen LogP contribution in [0.4, 0.5) is 13.2 Å². The summed E-state index contributed by atoms with van der Waals surface area (Å²) in [5, 5.41) is 0.769. The minimum atomic E-state index is -0.887. The lowest BCUT2D eigenvalue weighted by Crippen LogP contribution is -2.15. The van der Waals surface area contributed by atoms with Gasteiger partial charge in [-0.15, -0.1) is 0 Å². The molecule has 0 unspecified atom stereocenters. The van der Waals surface area contributed by atoms with Gasteiger partial charge in [-0.1, -0.05) is 99.6 Å². The molecule has 0 spiro atoms. The van der Waals surface area contributed by atoms with Gasteiger partial charge in [0.1, 0.15) is 22.5 Å². The van der Waals surface area contributed by atoms with Crippen LogP contribution in [0.25, 0.3) is 10.8 Å². The third kappa shape index (κ3) is 5.97. The van der Waals surface area contributed by atoms with Gasteiger partial charge in [0.05, 0.1) is 5.56 Å². The Balaban J connectivity index is 1.42. The Hall–Kier alpha value is -2.44. The van der Waals surface area contributed by atoms with Crippen molar-refractivity contribution in [2.45, 2.75) is 64.7 Å². The summed E-state index contributed by atoms with van der Waals surface area (Å²) in [6.07, 6.45) is 11.6. The average Bonchev–Trinajstić information content (AvgIpc) is 2.85. The Morgan fingerprint density at radius 1 is 0.853 bits per heavy atom. The third-order valence-electron chi connectivity index (χ3n) is 7.12. The van der Waals surface area contributed by atoms with Gasteiger partial charge < -0.3 is 0 Å². The summed E-state index contributed by atoms with van der Waals surface area (Å²) in [7, 11) is 0. The highest BCUT2D eigenvalue weighted by Gasteiger charge is 2.20. The molecule has 0 aromatic heterocycles. The van der Waals surface area contributed by atoms with E-state index in [1.54, 1.807) is 6.07 Å². The van der Waals surface area contributed by atoms with Gasteiger partial charge in [-0.05, 0) is 53.8 Å². The predicted octanol–water partition coefficient (Wildman–Crippen LogP) is 9.24. The summed E-state index contributed by atoms with van der Waals surface area (Å²) in [6.45, 7) is 2.27. The van der Waals surface area contributed by atoms with Crippen LogP contribution in [0.3, 0.4) is 0 Å². The minimum Gasteiger partial charge on any atom is -0.205 e. The van der Waals surface area contributed by atoms with Crippen LogP contribution in [0.15, 0.2) is 42.5 Å². The van der Waals surface area contributed by atoms with Crippen LogP contribution in [0, 0.1) is 41.1 Å². The minimum absolute atomic E-state index is 0.105. The van der Waals surface area contributed by atoms with Gasteiger partial charge in [0.15, 0.2) is 0 Å². The summed E-state index contributed by atoms with van der Waals surface area (Å²) < 4.78 is 42.3. The quantitative estimate of drug-likeness (QED) is 0.242. The van der Waals surface area contributed by atoms with Crippen molar-refractivity contribution in [2.75, 3.05) is 0 Å². The molecule has 34 heavy (non-hydrogen) atoms. The molecule has 0 nitrogen and oxygen atoms in total. The molecule has 1 aliphatic carbocycles. The van der Waals surface area contributed by atoms with E-state index in [1.807, 2.05) is 18.2 Å². The van der Waals surface area contributed by atoms with Gasteiger partial charge in [-0.2, -0.15) is 0 Å². The molecule has 0 saturated heterocycles. The first-order valence-corrected chi connectivity index (χ1v) is 12.7. The van der Waals surface area contributed by atoms with Gasteiger partial charge in [0.2, 0.25) is 0 Å². The number of aryl methyl sites for hydroxylation is 1. The van der Waals surface area contributed by atoms with Crippen LogP contribution < -0.4 is 0 Å². The molecule has 3 aromatic rings. The molecule has 0 radical (unpaired) electrons. The van der Waals surface area contributed by atoms with E-state index < -0.39 is 22.5 Å². The van der Waals surface area contributed by atoms with Gasteiger partial charge >= 0.3 is 0 Å². The molecule has 0 bridgehead atoms. The molecule has 1 saturated carbocycles. The summed E-state index contributed by atoms with van der Waals surface area (Å²) in [6, 6.07) is 11.4. The second kappa shape index (κ2) is 11.3. The molecule has 0 N–H and O–H groups in total. The Kier molecular flexibility index (Phi) is 8.22. The van der Waals surface area contributed by atoms with Crippen LogP contribution in [0.5, 0.6) is 0 Å². The van der Waals surface area contributed by atoms with Gasteiger partial charge in [0, 0.05) is 10.9 Å². The Morgan fingerprint density at radius 2 is 1.53 bits per heavy atom. The molecule has 0 amide bonds. The number of hydrogen-bond acceptors (Lipinski definition) is 0. The highest BCUT2D eigenvalue weighted by Crippen LogP contribution is 2.34. The van der Waals surface area contributed by atoms with Crippen molar-refractivity contribution in [3.63, 3.8) is 0 Å². The van der Waals surface area contributed by atoms with Crippen molar-refractivity contribution in [3.8, 4) is 11.8 Å². The highest BCUT2D eigenvalue weighted by molar-refractivity contribution is 6.30. The Morgan fingerprint density at radius 3 is 2.21 bits per heavy atom. The second-order valence-corrected chi connectivity index (χ2v) is 9.93. The van der Waals surface area contributed by atoms with E-state index >= 15 is 4.39 Å². The molecule has 4 rings (SSSR count). The Labute approximate surface area is 205 Å². The van der Waals surface area contributed by atoms with E-state index in [0.717, 1.165) is 35.8 Å². The molecular formula is C30H30ClF3. The summed E-state index contributed by atoms with van der Waals surface area (Å²) in [5.41, 5.74) is 1.52. The van der Waals surface area contributed by atoms with Crippen molar-refractivity contribution in [1.29, 1.82) is 0 Å². The number of rotatable bonds is 6. The number of fused-ring (bicyclic) bond motifs is 1. The maximum Gasteiger partial charge on any atom is 0.146 e. The molecule has 1 aliphatic rings. The van der Waals surface area contributed by atoms with E-state index in [2.05, 4.69) is 24.8 Å². The molecule has 0 heterocycles. The molecule has 0 atom stereocenters. The normalized spacial score (nSPS) is 18.0. The van der Waals surface area contributed by atoms with Gasteiger partial charge in [0.25, 0.3) is 0 Å². The molecular weight excluding hydrogens is 453 g/mol. The fourth-order valence-electron chi connectivity index (χ4n) is 5.03. The van der Waals surface area contributed by atoms with Crippen molar-refractivity contribution < 1.29 is 13.2 Å². The zero-order chi connectivity index (χ0) is 24.1. The summed E-state index contributed by atoms with van der Waals surface area (Å²) in [5.74, 6) is 4.85. The fraction of sp³-hybridized carbons (Fsp3) is 0.400. The van der Waals surface area contributed by atoms with E-state index in [9.17, 15) is 8.78 Å². The molecule has 1 fully saturated rings. The number of hydrogen-bond donors (Lipinski definition) is 0. The predicted molar refractivity (Wildman–Crippen MR) is 135 cm³/mol.